The number of fused-ring (bicyclic) bond motifs is 3. The molecule has 148 valence electrons. The van der Waals surface area contributed by atoms with Crippen molar-refractivity contribution in [1.82, 2.24) is 9.97 Å². The predicted octanol–water partition coefficient (Wildman–Crippen LogP) is 6.22. The number of aromatic nitrogens is 2. The van der Waals surface area contributed by atoms with Crippen LogP contribution in [-0.4, -0.2) is 21.5 Å². The lowest BCUT2D eigenvalue weighted by Gasteiger charge is -2.00. The van der Waals surface area contributed by atoms with Gasteiger partial charge in [0.05, 0.1) is 5.57 Å². The van der Waals surface area contributed by atoms with Crippen LogP contribution in [0.25, 0.3) is 38.8 Å². The highest BCUT2D eigenvalue weighted by atomic mass is 35.5. The van der Waals surface area contributed by atoms with Crippen LogP contribution in [0.5, 0.6) is 0 Å². The number of nitrogens with zero attached hydrogens (tertiary/aromatic N) is 2. The van der Waals surface area contributed by atoms with E-state index in [1.165, 1.54) is 17.4 Å². The van der Waals surface area contributed by atoms with Gasteiger partial charge in [0, 0.05) is 21.7 Å². The standard InChI is InChI=1S/C24H11ClN2O3S/c25-15-7-5-12(6-8-15)22-27-24-23(30-22)26-19(31-24)11-18-20(28)16-9-13-3-1-2-4-14(13)10-17(16)21(18)29/h1-11H. The quantitative estimate of drug-likeness (QED) is 0.239. The van der Waals surface area contributed by atoms with Gasteiger partial charge in [-0.3, -0.25) is 9.59 Å². The Labute approximate surface area is 184 Å². The lowest BCUT2D eigenvalue weighted by molar-refractivity contribution is 0.0990. The minimum atomic E-state index is -0.285. The van der Waals surface area contributed by atoms with Gasteiger partial charge in [-0.15, -0.1) is 0 Å². The molecule has 0 N–H and O–H groups in total. The van der Waals surface area contributed by atoms with E-state index in [9.17, 15) is 9.59 Å². The zero-order valence-corrected chi connectivity index (χ0v) is 17.3. The molecule has 6 rings (SSSR count). The number of carbonyl (C=O) groups excluding carboxylic acids is 2. The van der Waals surface area contributed by atoms with Crippen molar-refractivity contribution in [2.75, 3.05) is 0 Å². The summed E-state index contributed by atoms with van der Waals surface area (Å²) in [5.41, 5.74) is 2.12. The van der Waals surface area contributed by atoms with Gasteiger partial charge < -0.3 is 4.42 Å². The highest BCUT2D eigenvalue weighted by Gasteiger charge is 2.33. The normalized spacial score (nSPS) is 13.4. The van der Waals surface area contributed by atoms with Crippen LogP contribution in [0.4, 0.5) is 0 Å². The van der Waals surface area contributed by atoms with Gasteiger partial charge in [-0.05, 0) is 53.2 Å². The molecule has 0 aliphatic heterocycles. The molecular formula is C24H11ClN2O3S. The number of allylic oxidation sites excluding steroid dienone is 1. The topological polar surface area (TPSA) is 73.1 Å². The molecule has 2 heterocycles. The maximum atomic E-state index is 12.9. The Morgan fingerprint density at radius 3 is 2.13 bits per heavy atom. The molecule has 0 saturated heterocycles. The van der Waals surface area contributed by atoms with Gasteiger partial charge in [-0.2, -0.15) is 9.97 Å². The van der Waals surface area contributed by atoms with E-state index < -0.39 is 0 Å². The van der Waals surface area contributed by atoms with E-state index in [0.29, 0.717) is 37.6 Å². The first-order valence-corrected chi connectivity index (χ1v) is 10.6. The summed E-state index contributed by atoms with van der Waals surface area (Å²) in [6.45, 7) is 0. The number of carbonyl (C=O) groups is 2. The van der Waals surface area contributed by atoms with E-state index in [1.54, 1.807) is 24.3 Å². The molecule has 0 radical (unpaired) electrons. The van der Waals surface area contributed by atoms with Crippen molar-refractivity contribution < 1.29 is 14.0 Å². The van der Waals surface area contributed by atoms with E-state index in [-0.39, 0.29) is 17.1 Å². The van der Waals surface area contributed by atoms with Crippen molar-refractivity contribution in [2.45, 2.75) is 0 Å². The van der Waals surface area contributed by atoms with E-state index in [4.69, 9.17) is 16.0 Å². The number of Topliss-reactive ketones (excluding diaryl/α,β-unsaturated/α-hetero) is 2. The van der Waals surface area contributed by atoms with Crippen molar-refractivity contribution >= 4 is 61.9 Å². The average Bonchev–Trinajstić information content (AvgIpc) is 3.40. The Bertz CT molecular complexity index is 1490. The maximum Gasteiger partial charge on any atom is 0.259 e. The van der Waals surface area contributed by atoms with Crippen LogP contribution in [-0.2, 0) is 0 Å². The SMILES string of the molecule is O=C1C(=Cc2nc3oc(-c4ccc(Cl)cc4)nc3s2)C(=O)c2cc3ccccc3cc21. The van der Waals surface area contributed by atoms with Crippen LogP contribution in [0.1, 0.15) is 25.7 Å². The molecule has 1 aliphatic carbocycles. The zero-order valence-electron chi connectivity index (χ0n) is 15.8. The monoisotopic (exact) mass is 442 g/mol. The van der Waals surface area contributed by atoms with Gasteiger partial charge in [0.15, 0.2) is 16.4 Å². The summed E-state index contributed by atoms with van der Waals surface area (Å²) in [4.78, 5) is 35.3. The maximum absolute atomic E-state index is 12.9. The average molecular weight is 443 g/mol. The third-order valence-corrected chi connectivity index (χ3v) is 6.35. The second-order valence-corrected chi connectivity index (χ2v) is 8.60. The Hall–Kier alpha value is -3.61. The third kappa shape index (κ3) is 2.91. The number of rotatable bonds is 2. The summed E-state index contributed by atoms with van der Waals surface area (Å²) in [5, 5.41) is 2.98. The highest BCUT2D eigenvalue weighted by molar-refractivity contribution is 7.18. The summed E-state index contributed by atoms with van der Waals surface area (Å²) >= 11 is 7.19. The molecule has 5 aromatic rings. The molecule has 5 nitrogen and oxygen atoms in total. The first-order chi connectivity index (χ1) is 15.1. The molecular weight excluding hydrogens is 432 g/mol. The molecule has 31 heavy (non-hydrogen) atoms. The number of halogens is 1. The van der Waals surface area contributed by atoms with E-state index in [2.05, 4.69) is 9.97 Å². The van der Waals surface area contributed by atoms with Crippen molar-refractivity contribution in [1.29, 1.82) is 0 Å². The number of hydrogen-bond donors (Lipinski definition) is 0. The van der Waals surface area contributed by atoms with Gasteiger partial charge in [-0.1, -0.05) is 47.2 Å². The molecule has 0 amide bonds. The van der Waals surface area contributed by atoms with E-state index >= 15 is 0 Å². The molecule has 3 aromatic carbocycles. The molecule has 0 bridgehead atoms. The van der Waals surface area contributed by atoms with Crippen molar-refractivity contribution in [3.8, 4) is 11.5 Å². The lowest BCUT2D eigenvalue weighted by Crippen LogP contribution is -2.00. The van der Waals surface area contributed by atoms with Crippen LogP contribution in [0.2, 0.25) is 5.02 Å². The molecule has 0 atom stereocenters. The molecule has 0 fully saturated rings. The zero-order chi connectivity index (χ0) is 21.1. The van der Waals surface area contributed by atoms with Gasteiger partial charge >= 0.3 is 0 Å². The molecule has 0 unspecified atom stereocenters. The lowest BCUT2D eigenvalue weighted by atomic mass is 10.0. The number of oxazole rings is 1. The molecule has 0 saturated carbocycles. The van der Waals surface area contributed by atoms with Crippen LogP contribution < -0.4 is 0 Å². The molecule has 7 heteroatoms. The van der Waals surface area contributed by atoms with Gasteiger partial charge in [0.25, 0.3) is 5.71 Å². The summed E-state index contributed by atoms with van der Waals surface area (Å²) in [7, 11) is 0. The number of hydrogen-bond acceptors (Lipinski definition) is 6. The van der Waals surface area contributed by atoms with Crippen molar-refractivity contribution in [2.24, 2.45) is 0 Å². The molecule has 1 aliphatic rings. The summed E-state index contributed by atoms with van der Waals surface area (Å²) in [6.07, 6.45) is 1.53. The van der Waals surface area contributed by atoms with Crippen molar-refractivity contribution in [3.05, 3.63) is 87.4 Å². The van der Waals surface area contributed by atoms with Gasteiger partial charge in [0.1, 0.15) is 5.01 Å². The second-order valence-electron chi connectivity index (χ2n) is 7.15. The van der Waals surface area contributed by atoms with Gasteiger partial charge in [0.2, 0.25) is 5.89 Å². The van der Waals surface area contributed by atoms with Crippen molar-refractivity contribution in [3.63, 3.8) is 0 Å². The van der Waals surface area contributed by atoms with Gasteiger partial charge in [-0.25, -0.2) is 0 Å². The molecule has 0 spiro atoms. The number of thiazole rings is 1. The Morgan fingerprint density at radius 1 is 0.871 bits per heavy atom. The summed E-state index contributed by atoms with van der Waals surface area (Å²) in [5.74, 6) is -0.128. The fourth-order valence-electron chi connectivity index (χ4n) is 3.70. The second kappa shape index (κ2) is 6.70. The fourth-order valence-corrected chi connectivity index (χ4v) is 4.63. The third-order valence-electron chi connectivity index (χ3n) is 5.22. The first kappa shape index (κ1) is 18.2. The summed E-state index contributed by atoms with van der Waals surface area (Å²) < 4.78 is 5.75. The Morgan fingerprint density at radius 2 is 1.52 bits per heavy atom. The van der Waals surface area contributed by atoms with Crippen LogP contribution in [0.3, 0.4) is 0 Å². The Balaban J connectivity index is 1.38. The highest BCUT2D eigenvalue weighted by Crippen LogP contribution is 2.34. The number of ketones is 2. The number of benzene rings is 3. The Kier molecular flexibility index (Phi) is 3.93. The largest absolute Gasteiger partial charge is 0.417 e. The minimum absolute atomic E-state index is 0.111. The van der Waals surface area contributed by atoms with Crippen LogP contribution in [0, 0.1) is 0 Å². The fraction of sp³-hybridized carbons (Fsp3) is 0. The van der Waals surface area contributed by atoms with E-state index in [0.717, 1.165) is 16.3 Å². The molecule has 2 aromatic heterocycles. The first-order valence-electron chi connectivity index (χ1n) is 9.44. The van der Waals surface area contributed by atoms with Crippen LogP contribution in [0.15, 0.2) is 70.7 Å². The summed E-state index contributed by atoms with van der Waals surface area (Å²) in [6, 6.07) is 18.4. The minimum Gasteiger partial charge on any atom is -0.417 e. The predicted molar refractivity (Wildman–Crippen MR) is 121 cm³/mol. The van der Waals surface area contributed by atoms with E-state index in [1.807, 2.05) is 36.4 Å². The smallest absolute Gasteiger partial charge is 0.259 e. The van der Waals surface area contributed by atoms with Crippen LogP contribution >= 0.6 is 22.9 Å².